The first-order valence-electron chi connectivity index (χ1n) is 7.58. The van der Waals surface area contributed by atoms with E-state index in [2.05, 4.69) is 15.0 Å². The summed E-state index contributed by atoms with van der Waals surface area (Å²) in [6.45, 7) is 6.29. The Hall–Kier alpha value is -1.92. The zero-order chi connectivity index (χ0) is 16.9. The summed E-state index contributed by atoms with van der Waals surface area (Å²) in [4.78, 5) is 4.25. The van der Waals surface area contributed by atoms with Gasteiger partial charge in [-0.05, 0) is 49.6 Å². The fraction of sp³-hybridized carbons (Fsp3) is 0.353. The number of rotatable bonds is 7. The first-order chi connectivity index (χ1) is 10.8. The highest BCUT2D eigenvalue weighted by atomic mass is 32.2. The Morgan fingerprint density at radius 3 is 2.35 bits per heavy atom. The lowest BCUT2D eigenvalue weighted by Crippen LogP contribution is -2.31. The molecule has 0 aliphatic heterocycles. The molecule has 0 saturated carbocycles. The molecule has 6 heteroatoms. The summed E-state index contributed by atoms with van der Waals surface area (Å²) in [5.41, 5.74) is 3.00. The van der Waals surface area contributed by atoms with E-state index in [0.717, 1.165) is 22.5 Å². The molecule has 0 aliphatic carbocycles. The minimum Gasteiger partial charge on any atom is -0.366 e. The molecule has 23 heavy (non-hydrogen) atoms. The third kappa shape index (κ3) is 6.00. The molecule has 0 bridgehead atoms. The average Bonchev–Trinajstić information content (AvgIpc) is 2.45. The Balaban J connectivity index is 1.94. The van der Waals surface area contributed by atoms with Crippen LogP contribution in [0, 0.1) is 6.92 Å². The number of nitrogens with one attached hydrogen (secondary N) is 2. The highest BCUT2D eigenvalue weighted by Crippen LogP contribution is 2.11. The van der Waals surface area contributed by atoms with Gasteiger partial charge in [-0.3, -0.25) is 0 Å². The van der Waals surface area contributed by atoms with Crippen LogP contribution in [0.15, 0.2) is 42.6 Å². The number of anilines is 1. The number of benzene rings is 1. The minimum atomic E-state index is -3.28. The SMILES string of the molecule is Cc1ccnc(NCc2ccc(CS(=O)(=O)NC(C)C)cc2)c1. The maximum atomic E-state index is 11.9. The predicted octanol–water partition coefficient (Wildman–Crippen LogP) is 2.83. The van der Waals surface area contributed by atoms with E-state index in [9.17, 15) is 8.42 Å². The highest BCUT2D eigenvalue weighted by Gasteiger charge is 2.12. The van der Waals surface area contributed by atoms with Crippen molar-refractivity contribution in [3.8, 4) is 0 Å². The summed E-state index contributed by atoms with van der Waals surface area (Å²) < 4.78 is 26.4. The van der Waals surface area contributed by atoms with Gasteiger partial charge in [-0.1, -0.05) is 24.3 Å². The Morgan fingerprint density at radius 1 is 1.09 bits per heavy atom. The van der Waals surface area contributed by atoms with Gasteiger partial charge in [0.15, 0.2) is 0 Å². The van der Waals surface area contributed by atoms with Crippen LogP contribution in [-0.2, 0) is 22.3 Å². The smallest absolute Gasteiger partial charge is 0.216 e. The molecular weight excluding hydrogens is 310 g/mol. The molecule has 0 saturated heterocycles. The Labute approximate surface area is 138 Å². The largest absolute Gasteiger partial charge is 0.366 e. The average molecular weight is 333 g/mol. The van der Waals surface area contributed by atoms with Gasteiger partial charge in [0, 0.05) is 18.8 Å². The number of nitrogens with zero attached hydrogens (tertiary/aromatic N) is 1. The Morgan fingerprint density at radius 2 is 1.74 bits per heavy atom. The monoisotopic (exact) mass is 333 g/mol. The number of hydrogen-bond donors (Lipinski definition) is 2. The van der Waals surface area contributed by atoms with E-state index in [-0.39, 0.29) is 11.8 Å². The number of aromatic nitrogens is 1. The van der Waals surface area contributed by atoms with Gasteiger partial charge in [0.05, 0.1) is 5.75 Å². The number of aryl methyl sites for hydroxylation is 1. The van der Waals surface area contributed by atoms with Gasteiger partial charge in [-0.25, -0.2) is 18.1 Å². The van der Waals surface area contributed by atoms with E-state index in [1.165, 1.54) is 0 Å². The van der Waals surface area contributed by atoms with Gasteiger partial charge in [-0.15, -0.1) is 0 Å². The van der Waals surface area contributed by atoms with Crippen LogP contribution in [0.3, 0.4) is 0 Å². The molecule has 0 unspecified atom stereocenters. The van der Waals surface area contributed by atoms with Crippen LogP contribution in [-0.4, -0.2) is 19.4 Å². The number of pyridine rings is 1. The first kappa shape index (κ1) is 17.4. The van der Waals surface area contributed by atoms with E-state index in [1.54, 1.807) is 6.20 Å². The lowest BCUT2D eigenvalue weighted by atomic mass is 10.1. The molecule has 1 aromatic carbocycles. The molecular formula is C17H23N3O2S. The second-order valence-electron chi connectivity index (χ2n) is 5.92. The van der Waals surface area contributed by atoms with Crippen LogP contribution in [0.4, 0.5) is 5.82 Å². The zero-order valence-electron chi connectivity index (χ0n) is 13.7. The summed E-state index contributed by atoms with van der Waals surface area (Å²) in [5, 5.41) is 3.25. The predicted molar refractivity (Wildman–Crippen MR) is 93.6 cm³/mol. The molecule has 0 fully saturated rings. The topological polar surface area (TPSA) is 71.1 Å². The van der Waals surface area contributed by atoms with Crippen LogP contribution in [0.2, 0.25) is 0 Å². The van der Waals surface area contributed by atoms with Crippen molar-refractivity contribution in [2.45, 2.75) is 39.1 Å². The minimum absolute atomic E-state index is 0.00166. The molecule has 124 valence electrons. The van der Waals surface area contributed by atoms with Gasteiger partial charge in [0.1, 0.15) is 5.82 Å². The molecule has 2 N–H and O–H groups in total. The molecule has 5 nitrogen and oxygen atoms in total. The summed E-state index contributed by atoms with van der Waals surface area (Å²) in [7, 11) is -3.28. The lowest BCUT2D eigenvalue weighted by molar-refractivity contribution is 0.569. The molecule has 1 aromatic heterocycles. The molecule has 0 radical (unpaired) electrons. The zero-order valence-corrected chi connectivity index (χ0v) is 14.5. The van der Waals surface area contributed by atoms with Crippen LogP contribution in [0.1, 0.15) is 30.5 Å². The fourth-order valence-electron chi connectivity index (χ4n) is 2.20. The van der Waals surface area contributed by atoms with Crippen molar-refractivity contribution in [3.05, 3.63) is 59.3 Å². The molecule has 0 atom stereocenters. The van der Waals surface area contributed by atoms with Crippen LogP contribution < -0.4 is 10.0 Å². The summed E-state index contributed by atoms with van der Waals surface area (Å²) >= 11 is 0. The van der Waals surface area contributed by atoms with E-state index in [0.29, 0.717) is 6.54 Å². The molecule has 2 aromatic rings. The second-order valence-corrected chi connectivity index (χ2v) is 7.67. The van der Waals surface area contributed by atoms with Gasteiger partial charge >= 0.3 is 0 Å². The third-order valence-electron chi connectivity index (χ3n) is 3.18. The van der Waals surface area contributed by atoms with E-state index < -0.39 is 10.0 Å². The number of sulfonamides is 1. The fourth-order valence-corrected chi connectivity index (χ4v) is 3.63. The molecule has 2 rings (SSSR count). The van der Waals surface area contributed by atoms with E-state index in [1.807, 2.05) is 57.2 Å². The molecule has 0 aliphatic rings. The summed E-state index contributed by atoms with van der Waals surface area (Å²) in [6.07, 6.45) is 1.77. The third-order valence-corrected chi connectivity index (χ3v) is 4.73. The summed E-state index contributed by atoms with van der Waals surface area (Å²) in [6, 6.07) is 11.4. The standard InChI is InChI=1S/C17H23N3O2S/c1-13(2)20-23(21,22)12-16-6-4-15(5-7-16)11-19-17-10-14(3)8-9-18-17/h4-10,13,20H,11-12H2,1-3H3,(H,18,19). The molecule has 0 spiro atoms. The quantitative estimate of drug-likeness (QED) is 0.817. The van der Waals surface area contributed by atoms with E-state index >= 15 is 0 Å². The lowest BCUT2D eigenvalue weighted by Gasteiger charge is -2.10. The maximum Gasteiger partial charge on any atom is 0.216 e. The van der Waals surface area contributed by atoms with E-state index in [4.69, 9.17) is 0 Å². The van der Waals surface area contributed by atoms with Crippen molar-refractivity contribution < 1.29 is 8.42 Å². The van der Waals surface area contributed by atoms with Gasteiger partial charge in [0.2, 0.25) is 10.0 Å². The van der Waals surface area contributed by atoms with Crippen molar-refractivity contribution in [1.82, 2.24) is 9.71 Å². The van der Waals surface area contributed by atoms with Crippen molar-refractivity contribution in [2.24, 2.45) is 0 Å². The molecule has 1 heterocycles. The Kier molecular flexibility index (Phi) is 5.74. The van der Waals surface area contributed by atoms with Gasteiger partial charge in [0.25, 0.3) is 0 Å². The maximum absolute atomic E-state index is 11.9. The van der Waals surface area contributed by atoms with Gasteiger partial charge in [-0.2, -0.15) is 0 Å². The van der Waals surface area contributed by atoms with Crippen LogP contribution in [0.5, 0.6) is 0 Å². The van der Waals surface area contributed by atoms with Crippen LogP contribution >= 0.6 is 0 Å². The molecule has 0 amide bonds. The Bertz CT molecular complexity index is 741. The summed E-state index contributed by atoms with van der Waals surface area (Å²) in [5.74, 6) is 0.830. The normalized spacial score (nSPS) is 11.7. The van der Waals surface area contributed by atoms with Crippen molar-refractivity contribution in [1.29, 1.82) is 0 Å². The number of hydrogen-bond acceptors (Lipinski definition) is 4. The second kappa shape index (κ2) is 7.57. The van der Waals surface area contributed by atoms with Crippen molar-refractivity contribution >= 4 is 15.8 Å². The first-order valence-corrected chi connectivity index (χ1v) is 9.23. The van der Waals surface area contributed by atoms with Crippen molar-refractivity contribution in [2.75, 3.05) is 5.32 Å². The highest BCUT2D eigenvalue weighted by molar-refractivity contribution is 7.88. The van der Waals surface area contributed by atoms with Gasteiger partial charge < -0.3 is 5.32 Å². The van der Waals surface area contributed by atoms with Crippen LogP contribution in [0.25, 0.3) is 0 Å². The van der Waals surface area contributed by atoms with Crippen molar-refractivity contribution in [3.63, 3.8) is 0 Å².